The van der Waals surface area contributed by atoms with E-state index in [9.17, 15) is 9.90 Å². The van der Waals surface area contributed by atoms with Crippen LogP contribution in [-0.2, 0) is 0 Å². The fraction of sp³-hybridized carbons (Fsp3) is 0.263. The number of carbonyl (C=O) groups excluding carboxylic acids is 1. The van der Waals surface area contributed by atoms with Gasteiger partial charge in [-0.3, -0.25) is 4.79 Å². The van der Waals surface area contributed by atoms with Crippen LogP contribution in [0.3, 0.4) is 0 Å². The molecule has 0 saturated heterocycles. The van der Waals surface area contributed by atoms with Gasteiger partial charge in [0.1, 0.15) is 11.4 Å². The maximum Gasteiger partial charge on any atom is 0.268 e. The van der Waals surface area contributed by atoms with E-state index >= 15 is 0 Å². The Kier molecular flexibility index (Phi) is 5.00. The molecule has 3 rings (SSSR count). The molecule has 0 spiro atoms. The molecule has 0 radical (unpaired) electrons. The fourth-order valence-corrected chi connectivity index (χ4v) is 2.90. The van der Waals surface area contributed by atoms with E-state index < -0.39 is 12.0 Å². The van der Waals surface area contributed by atoms with Crippen LogP contribution in [0, 0.1) is 0 Å². The Labute approximate surface area is 145 Å². The molecule has 3 N–H and O–H groups in total. The van der Waals surface area contributed by atoms with Gasteiger partial charge in [-0.25, -0.2) is 4.98 Å². The van der Waals surface area contributed by atoms with Crippen molar-refractivity contribution in [2.24, 2.45) is 5.73 Å². The second-order valence-electron chi connectivity index (χ2n) is 5.99. The van der Waals surface area contributed by atoms with Crippen molar-refractivity contribution in [3.8, 4) is 5.75 Å². The molecule has 3 aromatic rings. The molecular formula is C19H21N3O3. The number of aliphatic hydroxyl groups excluding tert-OH is 1. The lowest BCUT2D eigenvalue weighted by atomic mass is 10.1. The minimum atomic E-state index is -0.619. The summed E-state index contributed by atoms with van der Waals surface area (Å²) in [4.78, 5) is 15.2. The summed E-state index contributed by atoms with van der Waals surface area (Å²) in [7, 11) is 0. The summed E-state index contributed by atoms with van der Waals surface area (Å²) in [6.45, 7) is 2.13. The van der Waals surface area contributed by atoms with E-state index in [4.69, 9.17) is 10.5 Å². The fourth-order valence-electron chi connectivity index (χ4n) is 2.90. The molecule has 0 saturated carbocycles. The molecule has 1 aromatic heterocycles. The lowest BCUT2D eigenvalue weighted by Crippen LogP contribution is -2.23. The molecular weight excluding hydrogens is 318 g/mol. The Hall–Kier alpha value is -2.86. The van der Waals surface area contributed by atoms with Crippen LogP contribution in [0.15, 0.2) is 55.0 Å². The van der Waals surface area contributed by atoms with E-state index in [0.29, 0.717) is 13.0 Å². The van der Waals surface area contributed by atoms with Crippen LogP contribution >= 0.6 is 0 Å². The standard InChI is InChI=1S/C19H21N3O3/c1-13(23)17(22-11-16(19(20)24)21-12-22)9-10-25-18-8-4-6-14-5-2-3-7-15(14)18/h2-8,11-13,17,23H,9-10H2,1H3,(H2,20,24)/t13-,17+/m0/s1. The molecule has 0 unspecified atom stereocenters. The summed E-state index contributed by atoms with van der Waals surface area (Å²) in [6.07, 6.45) is 3.01. The first-order valence-corrected chi connectivity index (χ1v) is 8.18. The lowest BCUT2D eigenvalue weighted by molar-refractivity contribution is 0.0993. The molecule has 0 aliphatic heterocycles. The van der Waals surface area contributed by atoms with Crippen molar-refractivity contribution >= 4 is 16.7 Å². The summed E-state index contributed by atoms with van der Waals surface area (Å²) < 4.78 is 7.64. The molecule has 2 atom stereocenters. The maximum atomic E-state index is 11.2. The van der Waals surface area contributed by atoms with Crippen LogP contribution in [-0.4, -0.2) is 33.3 Å². The lowest BCUT2D eigenvalue weighted by Gasteiger charge is -2.21. The van der Waals surface area contributed by atoms with Crippen molar-refractivity contribution in [3.63, 3.8) is 0 Å². The van der Waals surface area contributed by atoms with Crippen LogP contribution in [0.2, 0.25) is 0 Å². The predicted octanol–water partition coefficient (Wildman–Crippen LogP) is 2.53. The van der Waals surface area contributed by atoms with E-state index in [1.807, 2.05) is 42.5 Å². The number of ether oxygens (including phenoxy) is 1. The predicted molar refractivity (Wildman–Crippen MR) is 95.5 cm³/mol. The molecule has 25 heavy (non-hydrogen) atoms. The van der Waals surface area contributed by atoms with E-state index in [2.05, 4.69) is 4.98 Å². The zero-order chi connectivity index (χ0) is 17.8. The van der Waals surface area contributed by atoms with Gasteiger partial charge in [-0.1, -0.05) is 36.4 Å². The van der Waals surface area contributed by atoms with Crippen LogP contribution in [0.4, 0.5) is 0 Å². The first-order chi connectivity index (χ1) is 12.1. The Balaban J connectivity index is 1.70. The number of nitrogens with zero attached hydrogens (tertiary/aromatic N) is 2. The number of hydrogen-bond acceptors (Lipinski definition) is 4. The van der Waals surface area contributed by atoms with Gasteiger partial charge in [-0.05, 0) is 18.4 Å². The van der Waals surface area contributed by atoms with Gasteiger partial charge in [-0.2, -0.15) is 0 Å². The second kappa shape index (κ2) is 7.36. The van der Waals surface area contributed by atoms with Gasteiger partial charge in [-0.15, -0.1) is 0 Å². The number of amides is 1. The molecule has 6 heteroatoms. The van der Waals surface area contributed by atoms with Gasteiger partial charge in [0.25, 0.3) is 5.91 Å². The van der Waals surface area contributed by atoms with Crippen molar-refractivity contribution < 1.29 is 14.6 Å². The monoisotopic (exact) mass is 339 g/mol. The van der Waals surface area contributed by atoms with Crippen molar-refractivity contribution in [2.45, 2.75) is 25.5 Å². The van der Waals surface area contributed by atoms with E-state index in [1.165, 1.54) is 6.33 Å². The van der Waals surface area contributed by atoms with E-state index in [1.54, 1.807) is 17.7 Å². The van der Waals surface area contributed by atoms with Gasteiger partial charge in [0.2, 0.25) is 0 Å². The number of imidazole rings is 1. The van der Waals surface area contributed by atoms with E-state index in [0.717, 1.165) is 16.5 Å². The molecule has 0 fully saturated rings. The maximum absolute atomic E-state index is 11.2. The molecule has 2 aromatic carbocycles. The Bertz CT molecular complexity index is 868. The topological polar surface area (TPSA) is 90.4 Å². The molecule has 6 nitrogen and oxygen atoms in total. The summed E-state index contributed by atoms with van der Waals surface area (Å²) in [5.74, 6) is 0.223. The van der Waals surface area contributed by atoms with E-state index in [-0.39, 0.29) is 11.7 Å². The van der Waals surface area contributed by atoms with Crippen LogP contribution in [0.5, 0.6) is 5.75 Å². The number of benzene rings is 2. The van der Waals surface area contributed by atoms with Gasteiger partial charge >= 0.3 is 0 Å². The number of primary amides is 1. The summed E-state index contributed by atoms with van der Waals surface area (Å²) in [5, 5.41) is 12.2. The van der Waals surface area contributed by atoms with Gasteiger partial charge in [0.05, 0.1) is 25.1 Å². The van der Waals surface area contributed by atoms with Crippen LogP contribution in [0.25, 0.3) is 10.8 Å². The highest BCUT2D eigenvalue weighted by molar-refractivity contribution is 5.90. The number of aliphatic hydroxyl groups is 1. The Morgan fingerprint density at radius 2 is 2.04 bits per heavy atom. The number of nitrogens with two attached hydrogens (primary N) is 1. The van der Waals surface area contributed by atoms with Crippen LogP contribution in [0.1, 0.15) is 29.9 Å². The van der Waals surface area contributed by atoms with Gasteiger partial charge < -0.3 is 20.1 Å². The number of hydrogen-bond donors (Lipinski definition) is 2. The normalized spacial score (nSPS) is 13.5. The first kappa shape index (κ1) is 17.0. The van der Waals surface area contributed by atoms with Crippen molar-refractivity contribution in [1.29, 1.82) is 0 Å². The summed E-state index contributed by atoms with van der Waals surface area (Å²) in [5.41, 5.74) is 5.41. The largest absolute Gasteiger partial charge is 0.493 e. The zero-order valence-corrected chi connectivity index (χ0v) is 14.0. The highest BCUT2D eigenvalue weighted by Crippen LogP contribution is 2.26. The first-order valence-electron chi connectivity index (χ1n) is 8.18. The molecule has 1 amide bonds. The molecule has 0 bridgehead atoms. The third-order valence-corrected chi connectivity index (χ3v) is 4.21. The van der Waals surface area contributed by atoms with Gasteiger partial charge in [0, 0.05) is 18.0 Å². The number of rotatable bonds is 7. The SMILES string of the molecule is C[C@H](O)[C@@H](CCOc1cccc2ccccc12)n1cnc(C(N)=O)c1. The summed E-state index contributed by atoms with van der Waals surface area (Å²) in [6, 6.07) is 13.7. The molecule has 130 valence electrons. The number of aromatic nitrogens is 2. The highest BCUT2D eigenvalue weighted by Gasteiger charge is 2.19. The quantitative estimate of drug-likeness (QED) is 0.692. The zero-order valence-electron chi connectivity index (χ0n) is 14.0. The van der Waals surface area contributed by atoms with Crippen LogP contribution < -0.4 is 10.5 Å². The molecule has 1 heterocycles. The smallest absolute Gasteiger partial charge is 0.268 e. The Morgan fingerprint density at radius 1 is 1.28 bits per heavy atom. The number of fused-ring (bicyclic) bond motifs is 1. The Morgan fingerprint density at radius 3 is 2.76 bits per heavy atom. The van der Waals surface area contributed by atoms with Gasteiger partial charge in [0.15, 0.2) is 0 Å². The molecule has 0 aliphatic rings. The average Bonchev–Trinajstić information content (AvgIpc) is 3.08. The van der Waals surface area contributed by atoms with Crippen molar-refractivity contribution in [3.05, 3.63) is 60.7 Å². The highest BCUT2D eigenvalue weighted by atomic mass is 16.5. The second-order valence-corrected chi connectivity index (χ2v) is 5.99. The third-order valence-electron chi connectivity index (χ3n) is 4.21. The van der Waals surface area contributed by atoms with Crippen molar-refractivity contribution in [2.75, 3.05) is 6.61 Å². The minimum absolute atomic E-state index is 0.181. The molecule has 0 aliphatic carbocycles. The van der Waals surface area contributed by atoms with Crippen molar-refractivity contribution in [1.82, 2.24) is 9.55 Å². The number of carbonyl (C=O) groups is 1. The average molecular weight is 339 g/mol. The third kappa shape index (κ3) is 3.80. The minimum Gasteiger partial charge on any atom is -0.493 e. The summed E-state index contributed by atoms with van der Waals surface area (Å²) >= 11 is 0.